The van der Waals surface area contributed by atoms with Crippen molar-refractivity contribution >= 4 is 49.2 Å². The van der Waals surface area contributed by atoms with Crippen LogP contribution in [-0.2, 0) is 11.3 Å². The summed E-state index contributed by atoms with van der Waals surface area (Å²) in [5.41, 5.74) is 2.89. The van der Waals surface area contributed by atoms with Crippen molar-refractivity contribution < 1.29 is 9.53 Å². The molecule has 0 saturated heterocycles. The van der Waals surface area contributed by atoms with E-state index in [1.54, 1.807) is 0 Å². The van der Waals surface area contributed by atoms with E-state index >= 15 is 0 Å². The molecular weight excluding hydrogens is 388 g/mol. The Morgan fingerprint density at radius 2 is 2.07 bits per heavy atom. The Morgan fingerprint density at radius 1 is 1.21 bits per heavy atom. The molecule has 2 aromatic carbocycles. The Hall–Kier alpha value is -3.39. The molecule has 3 N–H and O–H groups in total. The number of nitrogens with zero attached hydrogens (tertiary/aromatic N) is 1. The zero-order valence-corrected chi connectivity index (χ0v) is 16.9. The van der Waals surface area contributed by atoms with Crippen molar-refractivity contribution in [2.24, 2.45) is 0 Å². The maximum Gasteiger partial charge on any atom is 0.253 e. The lowest BCUT2D eigenvalue weighted by atomic mass is 10.1. The van der Waals surface area contributed by atoms with Gasteiger partial charge in [-0.05, 0) is 48.7 Å². The molecule has 0 atom stereocenters. The normalized spacial score (nSPS) is 11.0. The molecule has 1 amide bonds. The van der Waals surface area contributed by atoms with Gasteiger partial charge >= 0.3 is 0 Å². The van der Waals surface area contributed by atoms with Crippen molar-refractivity contribution in [1.29, 1.82) is 0 Å². The number of carbonyl (C=O) groups is 1. The minimum absolute atomic E-state index is 0.138. The average molecular weight is 408 g/mol. The number of nitrogens with one attached hydrogen (secondary N) is 3. The number of H-pyrrole nitrogens is 1. The molecule has 7 nitrogen and oxygen atoms in total. The molecule has 0 spiro atoms. The Kier molecular flexibility index (Phi) is 5.18. The highest BCUT2D eigenvalue weighted by Crippen LogP contribution is 2.28. The van der Waals surface area contributed by atoms with E-state index in [1.807, 2.05) is 49.4 Å². The van der Waals surface area contributed by atoms with Gasteiger partial charge in [0.2, 0.25) is 5.91 Å². The summed E-state index contributed by atoms with van der Waals surface area (Å²) in [5, 5.41) is 7.49. The van der Waals surface area contributed by atoms with Crippen LogP contribution in [0.1, 0.15) is 19.4 Å². The first kappa shape index (κ1) is 18.9. The van der Waals surface area contributed by atoms with E-state index in [4.69, 9.17) is 4.74 Å². The molecule has 8 heteroatoms. The van der Waals surface area contributed by atoms with E-state index in [-0.39, 0.29) is 11.5 Å². The van der Waals surface area contributed by atoms with Crippen molar-refractivity contribution in [3.63, 3.8) is 0 Å². The number of fused-ring (bicyclic) bond motifs is 2. The Balaban J connectivity index is 1.54. The number of aromatic amines is 1. The van der Waals surface area contributed by atoms with Crippen LogP contribution in [0, 0.1) is 0 Å². The molecule has 0 saturated carbocycles. The fourth-order valence-corrected chi connectivity index (χ4v) is 3.94. The van der Waals surface area contributed by atoms with Gasteiger partial charge in [0.1, 0.15) is 5.75 Å². The van der Waals surface area contributed by atoms with Crippen molar-refractivity contribution in [3.8, 4) is 5.75 Å². The molecule has 0 radical (unpaired) electrons. The van der Waals surface area contributed by atoms with E-state index in [9.17, 15) is 9.59 Å². The third-order valence-corrected chi connectivity index (χ3v) is 5.31. The van der Waals surface area contributed by atoms with Gasteiger partial charge in [0.15, 0.2) is 5.13 Å². The maximum atomic E-state index is 12.5. The lowest BCUT2D eigenvalue weighted by Gasteiger charge is -2.08. The topological polar surface area (TPSA) is 96.1 Å². The smallest absolute Gasteiger partial charge is 0.253 e. The fourth-order valence-electron chi connectivity index (χ4n) is 3.05. The van der Waals surface area contributed by atoms with E-state index in [0.717, 1.165) is 32.6 Å². The van der Waals surface area contributed by atoms with Gasteiger partial charge < -0.3 is 20.4 Å². The number of thiazole rings is 1. The van der Waals surface area contributed by atoms with Gasteiger partial charge in [0.05, 0.1) is 22.3 Å². The summed E-state index contributed by atoms with van der Waals surface area (Å²) >= 11 is 1.42. The molecule has 0 aliphatic carbocycles. The van der Waals surface area contributed by atoms with Gasteiger partial charge in [-0.15, -0.1) is 0 Å². The largest absolute Gasteiger partial charge is 0.494 e. The molecule has 4 rings (SSSR count). The summed E-state index contributed by atoms with van der Waals surface area (Å²) in [6, 6.07) is 13.3. The van der Waals surface area contributed by atoms with E-state index in [1.165, 1.54) is 18.3 Å². The first-order valence-electron chi connectivity index (χ1n) is 9.22. The summed E-state index contributed by atoms with van der Waals surface area (Å²) in [6.07, 6.45) is 0. The minimum Gasteiger partial charge on any atom is -0.494 e. The monoisotopic (exact) mass is 408 g/mol. The van der Waals surface area contributed by atoms with Crippen molar-refractivity contribution in [1.82, 2.24) is 9.97 Å². The van der Waals surface area contributed by atoms with Crippen LogP contribution in [0.15, 0.2) is 47.3 Å². The van der Waals surface area contributed by atoms with Crippen LogP contribution in [0.4, 0.5) is 10.8 Å². The maximum absolute atomic E-state index is 12.5. The molecule has 4 aromatic rings. The second-order valence-corrected chi connectivity index (χ2v) is 7.57. The summed E-state index contributed by atoms with van der Waals surface area (Å²) in [6.45, 7) is 4.34. The number of rotatable bonds is 6. The van der Waals surface area contributed by atoms with Gasteiger partial charge in [-0.25, -0.2) is 4.98 Å². The molecule has 0 aliphatic rings. The number of hydrogen-bond acceptors (Lipinski definition) is 6. The molecular formula is C21H20N4O3S. The summed E-state index contributed by atoms with van der Waals surface area (Å²) < 4.78 is 6.46. The third kappa shape index (κ3) is 4.22. The SMILES string of the molecule is CCOc1ccc2cc(CNc3ccc4sc(NC(C)=O)nc4c3)c(=O)[nH]c2c1. The zero-order valence-electron chi connectivity index (χ0n) is 16.0. The molecule has 148 valence electrons. The van der Waals surface area contributed by atoms with Crippen LogP contribution >= 0.6 is 11.3 Å². The molecule has 2 aromatic heterocycles. The Bertz CT molecular complexity index is 1260. The van der Waals surface area contributed by atoms with E-state index in [2.05, 4.69) is 20.6 Å². The van der Waals surface area contributed by atoms with Crippen molar-refractivity contribution in [2.45, 2.75) is 20.4 Å². The van der Waals surface area contributed by atoms with Crippen LogP contribution in [0.2, 0.25) is 0 Å². The van der Waals surface area contributed by atoms with E-state index in [0.29, 0.717) is 23.8 Å². The van der Waals surface area contributed by atoms with Crippen LogP contribution in [0.25, 0.3) is 21.1 Å². The Labute approximate surface area is 170 Å². The van der Waals surface area contributed by atoms with E-state index < -0.39 is 0 Å². The number of hydrogen-bond donors (Lipinski definition) is 3. The predicted molar refractivity (Wildman–Crippen MR) is 117 cm³/mol. The van der Waals surface area contributed by atoms with Gasteiger partial charge in [0, 0.05) is 30.8 Å². The van der Waals surface area contributed by atoms with Crippen molar-refractivity contribution in [3.05, 3.63) is 58.4 Å². The fraction of sp³-hybridized carbons (Fsp3) is 0.190. The highest BCUT2D eigenvalue weighted by Gasteiger charge is 2.08. The predicted octanol–water partition coefficient (Wildman–Crippen LogP) is 4.11. The number of anilines is 2. The standard InChI is InChI=1S/C21H20N4O3S/c1-3-28-16-6-4-13-8-14(20(27)24-17(13)10-16)11-22-15-5-7-19-18(9-15)25-21(29-19)23-12(2)26/h4-10,22H,3,11H2,1-2H3,(H,24,27)(H,23,25,26). The lowest BCUT2D eigenvalue weighted by molar-refractivity contribution is -0.114. The van der Waals surface area contributed by atoms with Gasteiger partial charge in [-0.1, -0.05) is 11.3 Å². The first-order chi connectivity index (χ1) is 14.0. The van der Waals surface area contributed by atoms with Crippen LogP contribution < -0.4 is 20.9 Å². The van der Waals surface area contributed by atoms with Gasteiger partial charge in [-0.2, -0.15) is 0 Å². The zero-order chi connectivity index (χ0) is 20.4. The number of pyridine rings is 1. The van der Waals surface area contributed by atoms with Crippen LogP contribution in [0.5, 0.6) is 5.75 Å². The number of benzene rings is 2. The molecule has 0 bridgehead atoms. The number of amides is 1. The van der Waals surface area contributed by atoms with Crippen LogP contribution in [0.3, 0.4) is 0 Å². The minimum atomic E-state index is -0.147. The van der Waals surface area contributed by atoms with Gasteiger partial charge in [-0.3, -0.25) is 9.59 Å². The summed E-state index contributed by atoms with van der Waals surface area (Å²) in [4.78, 5) is 31.0. The van der Waals surface area contributed by atoms with Crippen LogP contribution in [-0.4, -0.2) is 22.5 Å². The highest BCUT2D eigenvalue weighted by atomic mass is 32.1. The van der Waals surface area contributed by atoms with Crippen molar-refractivity contribution in [2.75, 3.05) is 17.2 Å². The molecule has 2 heterocycles. The molecule has 0 fully saturated rings. The second kappa shape index (κ2) is 7.92. The average Bonchev–Trinajstić information content (AvgIpc) is 3.07. The number of ether oxygens (including phenoxy) is 1. The summed E-state index contributed by atoms with van der Waals surface area (Å²) in [7, 11) is 0. The molecule has 29 heavy (non-hydrogen) atoms. The first-order valence-corrected chi connectivity index (χ1v) is 10.0. The molecule has 0 unspecified atom stereocenters. The summed E-state index contributed by atoms with van der Waals surface area (Å²) in [5.74, 6) is 0.586. The van der Waals surface area contributed by atoms with Gasteiger partial charge in [0.25, 0.3) is 5.56 Å². The third-order valence-electron chi connectivity index (χ3n) is 4.36. The second-order valence-electron chi connectivity index (χ2n) is 6.54. The number of aromatic nitrogens is 2. The number of carbonyl (C=O) groups excluding carboxylic acids is 1. The quantitative estimate of drug-likeness (QED) is 0.446. The molecule has 0 aliphatic heterocycles. The Morgan fingerprint density at radius 3 is 2.86 bits per heavy atom. The lowest BCUT2D eigenvalue weighted by Crippen LogP contribution is -2.15. The highest BCUT2D eigenvalue weighted by molar-refractivity contribution is 7.22.